The fourth-order valence-corrected chi connectivity index (χ4v) is 3.03. The fraction of sp³-hybridized carbons (Fsp3) is 0.474. The number of hydrogen-bond acceptors (Lipinski definition) is 4. The van der Waals surface area contributed by atoms with Crippen LogP contribution >= 0.6 is 0 Å². The van der Waals surface area contributed by atoms with Gasteiger partial charge in [-0.1, -0.05) is 18.2 Å². The molecule has 0 spiro atoms. The summed E-state index contributed by atoms with van der Waals surface area (Å²) in [5, 5.41) is 17.0. The maximum absolute atomic E-state index is 12.4. The van der Waals surface area contributed by atoms with E-state index >= 15 is 0 Å². The number of aliphatic hydroxyl groups is 1. The molecule has 6 heteroatoms. The van der Waals surface area contributed by atoms with E-state index in [0.717, 1.165) is 36.9 Å². The molecule has 1 heterocycles. The number of carbonyl (C=O) groups excluding carboxylic acids is 1. The Morgan fingerprint density at radius 3 is 2.64 bits per heavy atom. The van der Waals surface area contributed by atoms with Crippen LogP contribution in [-0.2, 0) is 4.79 Å². The summed E-state index contributed by atoms with van der Waals surface area (Å²) in [6.07, 6.45) is 4.12. The van der Waals surface area contributed by atoms with E-state index in [1.807, 2.05) is 43.5 Å². The molecule has 1 aromatic carbocycles. The van der Waals surface area contributed by atoms with Gasteiger partial charge in [0.15, 0.2) is 6.10 Å². The SMILES string of the molecule is Cc1cn(-c2ccccc2)nc1OC(C)C(=O)NC1CCC(O)CC1. The first kappa shape index (κ1) is 17.5. The fourth-order valence-electron chi connectivity index (χ4n) is 3.03. The molecular weight excluding hydrogens is 318 g/mol. The predicted octanol–water partition coefficient (Wildman–Crippen LogP) is 2.37. The number of amides is 1. The Morgan fingerprint density at radius 1 is 1.28 bits per heavy atom. The molecular formula is C19H25N3O3. The molecule has 25 heavy (non-hydrogen) atoms. The van der Waals surface area contributed by atoms with Gasteiger partial charge >= 0.3 is 0 Å². The topological polar surface area (TPSA) is 76.4 Å². The predicted molar refractivity (Wildman–Crippen MR) is 94.8 cm³/mol. The van der Waals surface area contributed by atoms with Crippen molar-refractivity contribution in [2.24, 2.45) is 0 Å². The molecule has 2 N–H and O–H groups in total. The number of carbonyl (C=O) groups is 1. The van der Waals surface area contributed by atoms with Gasteiger partial charge in [0, 0.05) is 17.8 Å². The van der Waals surface area contributed by atoms with Crippen molar-refractivity contribution >= 4 is 5.91 Å². The summed E-state index contributed by atoms with van der Waals surface area (Å²) in [6, 6.07) is 9.89. The highest BCUT2D eigenvalue weighted by Crippen LogP contribution is 2.20. The summed E-state index contributed by atoms with van der Waals surface area (Å²) in [4.78, 5) is 12.4. The highest BCUT2D eigenvalue weighted by atomic mass is 16.5. The van der Waals surface area contributed by atoms with Crippen molar-refractivity contribution in [1.29, 1.82) is 0 Å². The first-order valence-corrected chi connectivity index (χ1v) is 8.79. The zero-order valence-corrected chi connectivity index (χ0v) is 14.7. The molecule has 1 amide bonds. The quantitative estimate of drug-likeness (QED) is 0.874. The molecule has 0 radical (unpaired) electrons. The van der Waals surface area contributed by atoms with Crippen LogP contribution < -0.4 is 10.1 Å². The minimum absolute atomic E-state index is 0.116. The second kappa shape index (κ2) is 7.70. The van der Waals surface area contributed by atoms with Crippen LogP contribution in [0.15, 0.2) is 36.5 Å². The van der Waals surface area contributed by atoms with Crippen molar-refractivity contribution in [3.8, 4) is 11.6 Å². The number of nitrogens with one attached hydrogen (secondary N) is 1. The van der Waals surface area contributed by atoms with Crippen molar-refractivity contribution in [1.82, 2.24) is 15.1 Å². The molecule has 1 aliphatic rings. The number of ether oxygens (including phenoxy) is 1. The van der Waals surface area contributed by atoms with Crippen molar-refractivity contribution in [3.05, 3.63) is 42.1 Å². The number of nitrogens with zero attached hydrogens (tertiary/aromatic N) is 2. The molecule has 0 saturated heterocycles. The minimum Gasteiger partial charge on any atom is -0.463 e. The molecule has 1 saturated carbocycles. The second-order valence-electron chi connectivity index (χ2n) is 6.67. The number of para-hydroxylation sites is 1. The van der Waals surface area contributed by atoms with Crippen LogP contribution in [0.2, 0.25) is 0 Å². The number of aryl methyl sites for hydroxylation is 1. The zero-order chi connectivity index (χ0) is 17.8. The van der Waals surface area contributed by atoms with Gasteiger partial charge in [-0.3, -0.25) is 4.79 Å². The summed E-state index contributed by atoms with van der Waals surface area (Å²) in [7, 11) is 0. The van der Waals surface area contributed by atoms with E-state index in [-0.39, 0.29) is 18.1 Å². The molecule has 1 fully saturated rings. The largest absolute Gasteiger partial charge is 0.463 e. The number of aliphatic hydroxyl groups excluding tert-OH is 1. The van der Waals surface area contributed by atoms with E-state index < -0.39 is 6.10 Å². The number of benzene rings is 1. The Labute approximate surface area is 147 Å². The Hall–Kier alpha value is -2.34. The van der Waals surface area contributed by atoms with Crippen LogP contribution in [0.4, 0.5) is 0 Å². The van der Waals surface area contributed by atoms with Gasteiger partial charge < -0.3 is 15.2 Å². The highest BCUT2D eigenvalue weighted by molar-refractivity contribution is 5.81. The highest BCUT2D eigenvalue weighted by Gasteiger charge is 2.24. The first-order chi connectivity index (χ1) is 12.0. The number of rotatable bonds is 5. The smallest absolute Gasteiger partial charge is 0.261 e. The van der Waals surface area contributed by atoms with E-state index in [4.69, 9.17) is 4.74 Å². The van der Waals surface area contributed by atoms with Crippen LogP contribution in [0.25, 0.3) is 5.69 Å². The molecule has 1 aromatic heterocycles. The zero-order valence-electron chi connectivity index (χ0n) is 14.7. The van der Waals surface area contributed by atoms with Gasteiger partial charge in [0.05, 0.1) is 11.8 Å². The van der Waals surface area contributed by atoms with Gasteiger partial charge in [0.25, 0.3) is 5.91 Å². The van der Waals surface area contributed by atoms with Crippen molar-refractivity contribution in [2.75, 3.05) is 0 Å². The van der Waals surface area contributed by atoms with Gasteiger partial charge in [-0.15, -0.1) is 5.10 Å². The van der Waals surface area contributed by atoms with Crippen molar-refractivity contribution in [3.63, 3.8) is 0 Å². The molecule has 2 aromatic rings. The third kappa shape index (κ3) is 4.39. The van der Waals surface area contributed by atoms with Crippen LogP contribution in [0.3, 0.4) is 0 Å². The Bertz CT molecular complexity index is 706. The Morgan fingerprint density at radius 2 is 1.96 bits per heavy atom. The van der Waals surface area contributed by atoms with Gasteiger partial charge in [0.1, 0.15) is 0 Å². The maximum atomic E-state index is 12.4. The standard InChI is InChI=1S/C19H25N3O3/c1-13-12-22(16-6-4-3-5-7-16)21-19(13)25-14(2)18(24)20-15-8-10-17(23)11-9-15/h3-7,12,14-15,17,23H,8-11H2,1-2H3,(H,20,24). The van der Waals surface area contributed by atoms with Crippen molar-refractivity contribution in [2.45, 2.75) is 57.8 Å². The number of hydrogen-bond donors (Lipinski definition) is 2. The number of aromatic nitrogens is 2. The lowest BCUT2D eigenvalue weighted by molar-refractivity contribution is -0.128. The molecule has 134 valence electrons. The molecule has 1 unspecified atom stereocenters. The van der Waals surface area contributed by atoms with Crippen LogP contribution in [0, 0.1) is 6.92 Å². The molecule has 1 aliphatic carbocycles. The van der Waals surface area contributed by atoms with Gasteiger partial charge in [-0.2, -0.15) is 0 Å². The van der Waals surface area contributed by atoms with E-state index in [9.17, 15) is 9.90 Å². The lowest BCUT2D eigenvalue weighted by Crippen LogP contribution is -2.44. The second-order valence-corrected chi connectivity index (χ2v) is 6.67. The third-order valence-corrected chi connectivity index (χ3v) is 4.57. The molecule has 0 aliphatic heterocycles. The minimum atomic E-state index is -0.621. The van der Waals surface area contributed by atoms with Crippen LogP contribution in [0.1, 0.15) is 38.2 Å². The first-order valence-electron chi connectivity index (χ1n) is 8.79. The lowest BCUT2D eigenvalue weighted by atomic mass is 9.93. The van der Waals surface area contributed by atoms with Crippen LogP contribution in [-0.4, -0.2) is 39.0 Å². The Balaban J connectivity index is 1.60. The summed E-state index contributed by atoms with van der Waals surface area (Å²) in [5.74, 6) is 0.320. The van der Waals surface area contributed by atoms with Crippen molar-refractivity contribution < 1.29 is 14.6 Å². The molecule has 3 rings (SSSR count). The van der Waals surface area contributed by atoms with Gasteiger partial charge in [-0.25, -0.2) is 4.68 Å². The normalized spacial score (nSPS) is 21.6. The van der Waals surface area contributed by atoms with Gasteiger partial charge in [-0.05, 0) is 51.7 Å². The van der Waals surface area contributed by atoms with E-state index in [1.165, 1.54) is 0 Å². The van der Waals surface area contributed by atoms with E-state index in [0.29, 0.717) is 5.88 Å². The summed E-state index contributed by atoms with van der Waals surface area (Å²) >= 11 is 0. The molecule has 6 nitrogen and oxygen atoms in total. The summed E-state index contributed by atoms with van der Waals surface area (Å²) in [6.45, 7) is 3.64. The van der Waals surface area contributed by atoms with Gasteiger partial charge in [0.2, 0.25) is 5.88 Å². The summed E-state index contributed by atoms with van der Waals surface area (Å²) in [5.41, 5.74) is 1.82. The third-order valence-electron chi connectivity index (χ3n) is 4.57. The maximum Gasteiger partial charge on any atom is 0.261 e. The molecule has 1 atom stereocenters. The summed E-state index contributed by atoms with van der Waals surface area (Å²) < 4.78 is 7.53. The monoisotopic (exact) mass is 343 g/mol. The van der Waals surface area contributed by atoms with E-state index in [2.05, 4.69) is 10.4 Å². The Kier molecular flexibility index (Phi) is 5.38. The lowest BCUT2D eigenvalue weighted by Gasteiger charge is -2.27. The van der Waals surface area contributed by atoms with Crippen LogP contribution in [0.5, 0.6) is 5.88 Å². The molecule has 0 bridgehead atoms. The van der Waals surface area contributed by atoms with E-state index in [1.54, 1.807) is 11.6 Å². The average molecular weight is 343 g/mol. The average Bonchev–Trinajstić information content (AvgIpc) is 2.98.